The van der Waals surface area contributed by atoms with E-state index in [2.05, 4.69) is 5.32 Å². The van der Waals surface area contributed by atoms with E-state index in [9.17, 15) is 14.9 Å². The number of carbonyl (C=O) groups is 1. The molecule has 5 nitrogen and oxygen atoms in total. The average Bonchev–Trinajstić information content (AvgIpc) is 2.53. The number of nitrogens with one attached hydrogen (secondary N) is 1. The fraction of sp³-hybridized carbons (Fsp3) is 0.278. The van der Waals surface area contributed by atoms with Crippen molar-refractivity contribution in [2.75, 3.05) is 0 Å². The molecule has 0 bridgehead atoms. The van der Waals surface area contributed by atoms with E-state index in [4.69, 9.17) is 0 Å². The smallest absolute Gasteiger partial charge is 0.273 e. The van der Waals surface area contributed by atoms with Crippen LogP contribution in [0.2, 0.25) is 0 Å². The number of nitrogens with zero attached hydrogens (tertiary/aromatic N) is 1. The number of nitro groups is 1. The Morgan fingerprint density at radius 1 is 1.13 bits per heavy atom. The SMILES string of the molecule is Cc1ccc(C(=O)NC(c2ccccc2)C(C)C)cc1[N+](=O)[O-]. The van der Waals surface area contributed by atoms with Gasteiger partial charge in [0.05, 0.1) is 11.0 Å². The predicted octanol–water partition coefficient (Wildman–Crippen LogP) is 4.03. The average molecular weight is 312 g/mol. The number of nitro benzene ring substituents is 1. The molecule has 2 aromatic rings. The molecule has 0 saturated carbocycles. The number of aryl methyl sites for hydroxylation is 1. The second kappa shape index (κ2) is 7.05. The minimum atomic E-state index is -0.469. The maximum Gasteiger partial charge on any atom is 0.273 e. The van der Waals surface area contributed by atoms with Crippen molar-refractivity contribution < 1.29 is 9.72 Å². The molecule has 1 unspecified atom stereocenters. The van der Waals surface area contributed by atoms with Crippen molar-refractivity contribution >= 4 is 11.6 Å². The number of benzene rings is 2. The molecule has 1 atom stereocenters. The van der Waals surface area contributed by atoms with Crippen LogP contribution in [0.4, 0.5) is 5.69 Å². The Hall–Kier alpha value is -2.69. The quantitative estimate of drug-likeness (QED) is 0.669. The van der Waals surface area contributed by atoms with Crippen LogP contribution in [0.25, 0.3) is 0 Å². The van der Waals surface area contributed by atoms with Gasteiger partial charge in [-0.2, -0.15) is 0 Å². The van der Waals surface area contributed by atoms with Crippen molar-refractivity contribution in [3.63, 3.8) is 0 Å². The largest absolute Gasteiger partial charge is 0.345 e. The highest BCUT2D eigenvalue weighted by Gasteiger charge is 2.21. The summed E-state index contributed by atoms with van der Waals surface area (Å²) in [6.07, 6.45) is 0. The first-order valence-electron chi connectivity index (χ1n) is 7.51. The molecular formula is C18H20N2O3. The molecular weight excluding hydrogens is 292 g/mol. The normalized spacial score (nSPS) is 12.0. The van der Waals surface area contributed by atoms with Gasteiger partial charge >= 0.3 is 0 Å². The van der Waals surface area contributed by atoms with Crippen LogP contribution in [0.3, 0.4) is 0 Å². The summed E-state index contributed by atoms with van der Waals surface area (Å²) in [5.41, 5.74) is 1.80. The van der Waals surface area contributed by atoms with Gasteiger partial charge in [0.25, 0.3) is 11.6 Å². The highest BCUT2D eigenvalue weighted by atomic mass is 16.6. The fourth-order valence-electron chi connectivity index (χ4n) is 2.47. The van der Waals surface area contributed by atoms with Gasteiger partial charge in [-0.15, -0.1) is 0 Å². The summed E-state index contributed by atoms with van der Waals surface area (Å²) in [7, 11) is 0. The monoisotopic (exact) mass is 312 g/mol. The second-order valence-corrected chi connectivity index (χ2v) is 5.86. The summed E-state index contributed by atoms with van der Waals surface area (Å²) < 4.78 is 0. The van der Waals surface area contributed by atoms with Gasteiger partial charge in [-0.05, 0) is 24.5 Å². The molecule has 0 radical (unpaired) electrons. The number of hydrogen-bond donors (Lipinski definition) is 1. The summed E-state index contributed by atoms with van der Waals surface area (Å²) >= 11 is 0. The van der Waals surface area contributed by atoms with E-state index < -0.39 is 4.92 Å². The molecule has 2 aromatic carbocycles. The molecule has 23 heavy (non-hydrogen) atoms. The highest BCUT2D eigenvalue weighted by molar-refractivity contribution is 5.95. The van der Waals surface area contributed by atoms with Gasteiger partial charge in [0.1, 0.15) is 0 Å². The number of rotatable bonds is 5. The molecule has 0 fully saturated rings. The molecule has 0 aliphatic heterocycles. The molecule has 0 aliphatic rings. The molecule has 1 amide bonds. The maximum absolute atomic E-state index is 12.5. The van der Waals surface area contributed by atoms with E-state index in [1.165, 1.54) is 6.07 Å². The Kier molecular flexibility index (Phi) is 5.11. The van der Waals surface area contributed by atoms with Crippen LogP contribution >= 0.6 is 0 Å². The molecule has 5 heteroatoms. The lowest BCUT2D eigenvalue weighted by Crippen LogP contribution is -2.31. The molecule has 0 aromatic heterocycles. The van der Waals surface area contributed by atoms with Crippen molar-refractivity contribution in [2.45, 2.75) is 26.8 Å². The lowest BCUT2D eigenvalue weighted by atomic mass is 9.95. The van der Waals surface area contributed by atoms with Crippen LogP contribution in [-0.2, 0) is 0 Å². The van der Waals surface area contributed by atoms with Crippen molar-refractivity contribution in [2.24, 2.45) is 5.92 Å². The van der Waals surface area contributed by atoms with E-state index >= 15 is 0 Å². The Morgan fingerprint density at radius 3 is 2.35 bits per heavy atom. The van der Waals surface area contributed by atoms with Crippen LogP contribution in [0.1, 0.15) is 41.4 Å². The first-order valence-corrected chi connectivity index (χ1v) is 7.51. The summed E-state index contributed by atoms with van der Waals surface area (Å²) in [6, 6.07) is 14.1. The van der Waals surface area contributed by atoms with Gasteiger partial charge in [0.2, 0.25) is 0 Å². The maximum atomic E-state index is 12.5. The summed E-state index contributed by atoms with van der Waals surface area (Å²) in [5, 5.41) is 14.0. The first-order chi connectivity index (χ1) is 10.9. The van der Waals surface area contributed by atoms with E-state index in [0.717, 1.165) is 5.56 Å². The van der Waals surface area contributed by atoms with Crippen molar-refractivity contribution in [3.05, 3.63) is 75.3 Å². The fourth-order valence-corrected chi connectivity index (χ4v) is 2.47. The zero-order chi connectivity index (χ0) is 17.0. The summed E-state index contributed by atoms with van der Waals surface area (Å²) in [6.45, 7) is 5.70. The lowest BCUT2D eigenvalue weighted by molar-refractivity contribution is -0.385. The zero-order valence-electron chi connectivity index (χ0n) is 13.4. The molecule has 2 rings (SSSR count). The highest BCUT2D eigenvalue weighted by Crippen LogP contribution is 2.23. The third-order valence-corrected chi connectivity index (χ3v) is 3.78. The van der Waals surface area contributed by atoms with E-state index in [1.807, 2.05) is 44.2 Å². The predicted molar refractivity (Wildman–Crippen MR) is 89.3 cm³/mol. The molecule has 0 aliphatic carbocycles. The van der Waals surface area contributed by atoms with Gasteiger partial charge < -0.3 is 5.32 Å². The standard InChI is InChI=1S/C18H20N2O3/c1-12(2)17(14-7-5-4-6-8-14)19-18(21)15-10-9-13(3)16(11-15)20(22)23/h4-12,17H,1-3H3,(H,19,21). The number of amides is 1. The number of carbonyl (C=O) groups excluding carboxylic acids is 1. The van der Waals surface area contributed by atoms with E-state index in [0.29, 0.717) is 11.1 Å². The van der Waals surface area contributed by atoms with Gasteiger partial charge in [0, 0.05) is 17.2 Å². The molecule has 1 N–H and O–H groups in total. The Labute approximate surface area is 135 Å². The van der Waals surface area contributed by atoms with Crippen molar-refractivity contribution in [3.8, 4) is 0 Å². The van der Waals surface area contributed by atoms with Gasteiger partial charge in [-0.3, -0.25) is 14.9 Å². The molecule has 0 saturated heterocycles. The first kappa shape index (κ1) is 16.7. The van der Waals surface area contributed by atoms with Gasteiger partial charge in [-0.1, -0.05) is 50.2 Å². The Morgan fingerprint density at radius 2 is 1.78 bits per heavy atom. The van der Waals surface area contributed by atoms with Crippen molar-refractivity contribution in [1.29, 1.82) is 0 Å². The molecule has 0 spiro atoms. The third-order valence-electron chi connectivity index (χ3n) is 3.78. The van der Waals surface area contributed by atoms with Crippen LogP contribution in [-0.4, -0.2) is 10.8 Å². The van der Waals surface area contributed by atoms with Crippen molar-refractivity contribution in [1.82, 2.24) is 5.32 Å². The van der Waals surface area contributed by atoms with Crippen LogP contribution in [0.15, 0.2) is 48.5 Å². The number of hydrogen-bond acceptors (Lipinski definition) is 3. The summed E-state index contributed by atoms with van der Waals surface area (Å²) in [4.78, 5) is 23.0. The minimum absolute atomic E-state index is 0.0431. The third kappa shape index (κ3) is 3.94. The molecule has 0 heterocycles. The topological polar surface area (TPSA) is 72.2 Å². The van der Waals surface area contributed by atoms with Gasteiger partial charge in [-0.25, -0.2) is 0 Å². The summed E-state index contributed by atoms with van der Waals surface area (Å²) in [5.74, 6) is -0.113. The Balaban J connectivity index is 2.26. The second-order valence-electron chi connectivity index (χ2n) is 5.86. The zero-order valence-corrected chi connectivity index (χ0v) is 13.4. The minimum Gasteiger partial charge on any atom is -0.345 e. The van der Waals surface area contributed by atoms with Crippen LogP contribution in [0.5, 0.6) is 0 Å². The Bertz CT molecular complexity index is 711. The lowest BCUT2D eigenvalue weighted by Gasteiger charge is -2.23. The van der Waals surface area contributed by atoms with E-state index in [1.54, 1.807) is 19.1 Å². The molecule has 120 valence electrons. The van der Waals surface area contributed by atoms with E-state index in [-0.39, 0.29) is 23.6 Å². The van der Waals surface area contributed by atoms with Crippen LogP contribution in [0, 0.1) is 23.0 Å². The van der Waals surface area contributed by atoms with Gasteiger partial charge in [0.15, 0.2) is 0 Å². The van der Waals surface area contributed by atoms with Crippen LogP contribution < -0.4 is 5.32 Å².